The van der Waals surface area contributed by atoms with Crippen LogP contribution in [0.1, 0.15) is 10.4 Å². The van der Waals surface area contributed by atoms with Crippen LogP contribution in [0.3, 0.4) is 0 Å². The van der Waals surface area contributed by atoms with Crippen LogP contribution in [0.5, 0.6) is 0 Å². The molecule has 0 spiro atoms. The first-order chi connectivity index (χ1) is 9.33. The van der Waals surface area contributed by atoms with Crippen LogP contribution in [-0.2, 0) is 16.6 Å². The molecule has 108 valence electrons. The molecule has 4 nitrogen and oxygen atoms in total. The Balaban J connectivity index is 2.35. The summed E-state index contributed by atoms with van der Waals surface area (Å²) >= 11 is 4.18. The zero-order valence-electron chi connectivity index (χ0n) is 10.4. The van der Waals surface area contributed by atoms with E-state index in [1.165, 1.54) is 23.6 Å². The molecule has 0 bridgehead atoms. The number of hydrogen-bond acceptors (Lipinski definition) is 4. The van der Waals surface area contributed by atoms with E-state index in [2.05, 4.69) is 20.7 Å². The highest BCUT2D eigenvalue weighted by Crippen LogP contribution is 2.27. The van der Waals surface area contributed by atoms with Crippen LogP contribution in [0.4, 0.5) is 10.1 Å². The van der Waals surface area contributed by atoms with E-state index >= 15 is 0 Å². The van der Waals surface area contributed by atoms with Crippen molar-refractivity contribution in [3.05, 3.63) is 44.3 Å². The van der Waals surface area contributed by atoms with Gasteiger partial charge in [0.15, 0.2) is 0 Å². The number of nitrogens with one attached hydrogen (secondary N) is 1. The molecule has 1 aromatic carbocycles. The SMILES string of the molecule is Cc1cc(F)c(Br)cc1NS(=O)(=O)c1csc(CO)c1. The van der Waals surface area contributed by atoms with Gasteiger partial charge in [-0.15, -0.1) is 11.3 Å². The van der Waals surface area contributed by atoms with E-state index in [9.17, 15) is 12.8 Å². The third-order valence-electron chi connectivity index (χ3n) is 2.61. The van der Waals surface area contributed by atoms with Crippen molar-refractivity contribution in [1.82, 2.24) is 0 Å². The van der Waals surface area contributed by atoms with Crippen molar-refractivity contribution < 1.29 is 17.9 Å². The number of aliphatic hydroxyl groups excluding tert-OH is 1. The first-order valence-corrected chi connectivity index (χ1v) is 8.66. The summed E-state index contributed by atoms with van der Waals surface area (Å²) in [7, 11) is -3.75. The number of thiophene rings is 1. The maximum absolute atomic E-state index is 13.3. The van der Waals surface area contributed by atoms with Gasteiger partial charge in [0.25, 0.3) is 10.0 Å². The molecule has 2 N–H and O–H groups in total. The van der Waals surface area contributed by atoms with Gasteiger partial charge in [0.1, 0.15) is 5.82 Å². The molecule has 0 saturated carbocycles. The number of hydrogen-bond donors (Lipinski definition) is 2. The van der Waals surface area contributed by atoms with Gasteiger partial charge < -0.3 is 5.11 Å². The molecule has 2 aromatic rings. The van der Waals surface area contributed by atoms with Crippen LogP contribution < -0.4 is 4.72 Å². The molecule has 0 amide bonds. The van der Waals surface area contributed by atoms with Crippen molar-refractivity contribution in [3.8, 4) is 0 Å². The van der Waals surface area contributed by atoms with Crippen molar-refractivity contribution in [2.24, 2.45) is 0 Å². The average molecular weight is 380 g/mol. The molecule has 0 saturated heterocycles. The van der Waals surface area contributed by atoms with Crippen molar-refractivity contribution in [2.75, 3.05) is 4.72 Å². The number of rotatable bonds is 4. The minimum Gasteiger partial charge on any atom is -0.391 e. The smallest absolute Gasteiger partial charge is 0.262 e. The van der Waals surface area contributed by atoms with E-state index in [1.807, 2.05) is 0 Å². The van der Waals surface area contributed by atoms with E-state index in [0.29, 0.717) is 16.1 Å². The first-order valence-electron chi connectivity index (χ1n) is 5.50. The summed E-state index contributed by atoms with van der Waals surface area (Å²) in [5, 5.41) is 10.4. The Morgan fingerprint density at radius 2 is 2.10 bits per heavy atom. The molecule has 0 aliphatic carbocycles. The monoisotopic (exact) mass is 379 g/mol. The Kier molecular flexibility index (Phi) is 4.48. The summed E-state index contributed by atoms with van der Waals surface area (Å²) in [6.07, 6.45) is 0. The third kappa shape index (κ3) is 3.20. The molecule has 0 aliphatic heterocycles. The molecule has 1 heterocycles. The molecular formula is C12H11BrFNO3S2. The van der Waals surface area contributed by atoms with Gasteiger partial charge in [0.05, 0.1) is 21.7 Å². The lowest BCUT2D eigenvalue weighted by atomic mass is 10.2. The van der Waals surface area contributed by atoms with Crippen LogP contribution in [0, 0.1) is 12.7 Å². The van der Waals surface area contributed by atoms with Gasteiger partial charge >= 0.3 is 0 Å². The topological polar surface area (TPSA) is 66.4 Å². The average Bonchev–Trinajstić information content (AvgIpc) is 2.85. The fourth-order valence-electron chi connectivity index (χ4n) is 1.54. The highest BCUT2D eigenvalue weighted by molar-refractivity contribution is 9.10. The number of halogens is 2. The largest absolute Gasteiger partial charge is 0.391 e. The summed E-state index contributed by atoms with van der Waals surface area (Å²) in [6.45, 7) is 1.40. The van der Waals surface area contributed by atoms with Gasteiger partial charge in [-0.05, 0) is 46.6 Å². The highest BCUT2D eigenvalue weighted by atomic mass is 79.9. The Bertz CT molecular complexity index is 743. The van der Waals surface area contributed by atoms with Gasteiger partial charge in [0, 0.05) is 10.3 Å². The molecule has 8 heteroatoms. The van der Waals surface area contributed by atoms with E-state index in [0.717, 1.165) is 11.3 Å². The Hall–Kier alpha value is -0.960. The summed E-state index contributed by atoms with van der Waals surface area (Å²) in [5.74, 6) is -0.455. The van der Waals surface area contributed by atoms with Crippen LogP contribution in [0.2, 0.25) is 0 Å². The fraction of sp³-hybridized carbons (Fsp3) is 0.167. The molecule has 0 unspecified atom stereocenters. The second-order valence-corrected chi connectivity index (χ2v) is 7.63. The summed E-state index contributed by atoms with van der Waals surface area (Å²) in [6, 6.07) is 4.02. The Labute approximate surface area is 128 Å². The van der Waals surface area contributed by atoms with Crippen molar-refractivity contribution >= 4 is 43.0 Å². The zero-order chi connectivity index (χ0) is 14.9. The molecule has 0 atom stereocenters. The predicted molar refractivity (Wildman–Crippen MR) is 79.9 cm³/mol. The minimum absolute atomic E-state index is 0.0754. The van der Waals surface area contributed by atoms with Gasteiger partial charge in [-0.1, -0.05) is 0 Å². The van der Waals surface area contributed by atoms with Crippen LogP contribution >= 0.6 is 27.3 Å². The van der Waals surface area contributed by atoms with Gasteiger partial charge in [0.2, 0.25) is 0 Å². The third-order valence-corrected chi connectivity index (χ3v) is 5.63. The van der Waals surface area contributed by atoms with Crippen molar-refractivity contribution in [1.29, 1.82) is 0 Å². The van der Waals surface area contributed by atoms with Crippen molar-refractivity contribution in [3.63, 3.8) is 0 Å². The van der Waals surface area contributed by atoms with Crippen molar-refractivity contribution in [2.45, 2.75) is 18.4 Å². The molecule has 1 aromatic heterocycles. The number of benzene rings is 1. The molecule has 2 rings (SSSR count). The second kappa shape index (κ2) is 5.80. The van der Waals surface area contributed by atoms with E-state index in [4.69, 9.17) is 5.11 Å². The molecule has 0 aliphatic rings. The lowest BCUT2D eigenvalue weighted by molar-refractivity contribution is 0.285. The standard InChI is InChI=1S/C12H11BrFNO3S2/c1-7-2-11(14)10(13)4-12(7)15-20(17,18)9-3-8(5-16)19-6-9/h2-4,6,15-16H,5H2,1H3. The Morgan fingerprint density at radius 3 is 2.70 bits per heavy atom. The lowest BCUT2D eigenvalue weighted by Crippen LogP contribution is -2.13. The van der Waals surface area contributed by atoms with Crippen LogP contribution in [-0.4, -0.2) is 13.5 Å². The van der Waals surface area contributed by atoms with Gasteiger partial charge in [-0.3, -0.25) is 4.72 Å². The minimum atomic E-state index is -3.75. The number of aryl methyl sites for hydroxylation is 1. The molecular weight excluding hydrogens is 369 g/mol. The van der Waals surface area contributed by atoms with Crippen LogP contribution in [0.25, 0.3) is 0 Å². The normalized spacial score (nSPS) is 11.6. The first kappa shape index (κ1) is 15.4. The number of anilines is 1. The summed E-state index contributed by atoms with van der Waals surface area (Å²) in [5.41, 5.74) is 0.780. The Morgan fingerprint density at radius 1 is 1.40 bits per heavy atom. The fourth-order valence-corrected chi connectivity index (χ4v) is 4.14. The maximum Gasteiger partial charge on any atom is 0.262 e. The second-order valence-electron chi connectivity index (χ2n) is 4.09. The van der Waals surface area contributed by atoms with E-state index in [-0.39, 0.29) is 16.0 Å². The quantitative estimate of drug-likeness (QED) is 0.856. The molecule has 0 fully saturated rings. The number of sulfonamides is 1. The van der Waals surface area contributed by atoms with E-state index < -0.39 is 15.8 Å². The van der Waals surface area contributed by atoms with Crippen LogP contribution in [0.15, 0.2) is 32.9 Å². The van der Waals surface area contributed by atoms with E-state index in [1.54, 1.807) is 6.92 Å². The molecule has 20 heavy (non-hydrogen) atoms. The maximum atomic E-state index is 13.3. The lowest BCUT2D eigenvalue weighted by Gasteiger charge is -2.10. The predicted octanol–water partition coefficient (Wildman–Crippen LogP) is 3.25. The zero-order valence-corrected chi connectivity index (χ0v) is 13.6. The molecule has 0 radical (unpaired) electrons. The number of aliphatic hydroxyl groups is 1. The van der Waals surface area contributed by atoms with Gasteiger partial charge in [-0.2, -0.15) is 0 Å². The summed E-state index contributed by atoms with van der Waals surface area (Å²) < 4.78 is 40.3. The van der Waals surface area contributed by atoms with Gasteiger partial charge in [-0.25, -0.2) is 12.8 Å². The summed E-state index contributed by atoms with van der Waals surface area (Å²) in [4.78, 5) is 0.633. The highest BCUT2D eigenvalue weighted by Gasteiger charge is 2.18.